The van der Waals surface area contributed by atoms with Crippen molar-refractivity contribution in [2.24, 2.45) is 5.92 Å². The normalized spacial score (nSPS) is 15.8. The first-order valence-electron chi connectivity index (χ1n) is 8.29. The number of amides is 1. The van der Waals surface area contributed by atoms with Gasteiger partial charge in [0, 0.05) is 6.54 Å². The predicted octanol–water partition coefficient (Wildman–Crippen LogP) is 2.18. The number of piperidine rings is 1. The van der Waals surface area contributed by atoms with Gasteiger partial charge in [-0.25, -0.2) is 0 Å². The Kier molecular flexibility index (Phi) is 6.89. The third-order valence-electron chi connectivity index (χ3n) is 4.20. The van der Waals surface area contributed by atoms with Crippen molar-refractivity contribution in [3.63, 3.8) is 0 Å². The maximum atomic E-state index is 11.7. The summed E-state index contributed by atoms with van der Waals surface area (Å²) in [5.74, 6) is 1.34. The molecule has 1 aliphatic heterocycles. The van der Waals surface area contributed by atoms with Crippen LogP contribution in [0.1, 0.15) is 31.7 Å². The molecule has 1 fully saturated rings. The van der Waals surface area contributed by atoms with E-state index in [1.165, 1.54) is 25.9 Å². The third-order valence-corrected chi connectivity index (χ3v) is 4.20. The van der Waals surface area contributed by atoms with Crippen LogP contribution in [0.15, 0.2) is 24.3 Å². The summed E-state index contributed by atoms with van der Waals surface area (Å²) in [7, 11) is 0. The first kappa shape index (κ1) is 17.3. The molecular weight excluding hydrogens is 290 g/mol. The Morgan fingerprint density at radius 3 is 2.70 bits per heavy atom. The second-order valence-corrected chi connectivity index (χ2v) is 6.15. The highest BCUT2D eigenvalue weighted by Crippen LogP contribution is 2.15. The fourth-order valence-electron chi connectivity index (χ4n) is 2.64. The fourth-order valence-corrected chi connectivity index (χ4v) is 2.64. The Hall–Kier alpha value is -2.06. The lowest BCUT2D eigenvalue weighted by atomic mass is 9.99. The van der Waals surface area contributed by atoms with E-state index in [0.29, 0.717) is 17.9 Å². The van der Waals surface area contributed by atoms with Crippen LogP contribution in [0, 0.1) is 17.2 Å². The summed E-state index contributed by atoms with van der Waals surface area (Å²) in [4.78, 5) is 14.2. The molecular formula is C18H25N3O2. The van der Waals surface area contributed by atoms with Gasteiger partial charge in [0.15, 0.2) is 6.61 Å². The van der Waals surface area contributed by atoms with Gasteiger partial charge in [0.25, 0.3) is 5.91 Å². The van der Waals surface area contributed by atoms with E-state index in [-0.39, 0.29) is 12.5 Å². The van der Waals surface area contributed by atoms with Crippen molar-refractivity contribution in [3.8, 4) is 11.8 Å². The summed E-state index contributed by atoms with van der Waals surface area (Å²) >= 11 is 0. The van der Waals surface area contributed by atoms with Gasteiger partial charge >= 0.3 is 0 Å². The van der Waals surface area contributed by atoms with E-state index in [9.17, 15) is 4.79 Å². The molecule has 0 atom stereocenters. The lowest BCUT2D eigenvalue weighted by molar-refractivity contribution is -0.123. The monoisotopic (exact) mass is 315 g/mol. The van der Waals surface area contributed by atoms with E-state index in [2.05, 4.69) is 17.1 Å². The Labute approximate surface area is 138 Å². The zero-order chi connectivity index (χ0) is 16.5. The minimum atomic E-state index is -0.110. The minimum absolute atomic E-state index is 0.00707. The number of nitrogens with one attached hydrogen (secondary N) is 1. The molecule has 1 heterocycles. The van der Waals surface area contributed by atoms with Gasteiger partial charge in [0.2, 0.25) is 0 Å². The molecule has 0 bridgehead atoms. The zero-order valence-electron chi connectivity index (χ0n) is 13.8. The summed E-state index contributed by atoms with van der Waals surface area (Å²) in [6, 6.07) is 8.79. The SMILES string of the molecule is CC1CCN(CCCNC(=O)COc2ccc(C#N)cc2)CC1. The lowest BCUT2D eigenvalue weighted by Crippen LogP contribution is -2.36. The van der Waals surface area contributed by atoms with E-state index in [0.717, 1.165) is 18.9 Å². The summed E-state index contributed by atoms with van der Waals surface area (Å²) in [6.07, 6.45) is 3.53. The van der Waals surface area contributed by atoms with E-state index >= 15 is 0 Å². The van der Waals surface area contributed by atoms with Crippen LogP contribution in [0.25, 0.3) is 0 Å². The van der Waals surface area contributed by atoms with Crippen molar-refractivity contribution in [3.05, 3.63) is 29.8 Å². The van der Waals surface area contributed by atoms with Crippen LogP contribution in [-0.2, 0) is 4.79 Å². The molecule has 0 aromatic heterocycles. The fraction of sp³-hybridized carbons (Fsp3) is 0.556. The Morgan fingerprint density at radius 1 is 1.35 bits per heavy atom. The van der Waals surface area contributed by atoms with Crippen LogP contribution < -0.4 is 10.1 Å². The van der Waals surface area contributed by atoms with Crippen LogP contribution in [0.3, 0.4) is 0 Å². The van der Waals surface area contributed by atoms with Gasteiger partial charge in [-0.2, -0.15) is 5.26 Å². The van der Waals surface area contributed by atoms with Crippen molar-refractivity contribution in [1.29, 1.82) is 5.26 Å². The van der Waals surface area contributed by atoms with Gasteiger partial charge in [-0.3, -0.25) is 4.79 Å². The van der Waals surface area contributed by atoms with E-state index in [1.54, 1.807) is 24.3 Å². The van der Waals surface area contributed by atoms with Gasteiger partial charge in [-0.15, -0.1) is 0 Å². The maximum absolute atomic E-state index is 11.7. The largest absolute Gasteiger partial charge is 0.484 e. The third kappa shape index (κ3) is 6.29. The molecule has 23 heavy (non-hydrogen) atoms. The van der Waals surface area contributed by atoms with Crippen molar-refractivity contribution in [1.82, 2.24) is 10.2 Å². The molecule has 1 saturated heterocycles. The van der Waals surface area contributed by atoms with Gasteiger partial charge in [0.05, 0.1) is 11.6 Å². The standard InChI is InChI=1S/C18H25N3O2/c1-15-7-11-21(12-8-15)10-2-9-20-18(22)14-23-17-5-3-16(13-19)4-6-17/h3-6,15H,2,7-12,14H2,1H3,(H,20,22). The number of ether oxygens (including phenoxy) is 1. The van der Waals surface area contributed by atoms with E-state index < -0.39 is 0 Å². The van der Waals surface area contributed by atoms with Crippen LogP contribution >= 0.6 is 0 Å². The van der Waals surface area contributed by atoms with Gasteiger partial charge in [-0.05, 0) is 69.1 Å². The van der Waals surface area contributed by atoms with Gasteiger partial charge < -0.3 is 15.0 Å². The molecule has 0 spiro atoms. The van der Waals surface area contributed by atoms with Crippen LogP contribution in [0.4, 0.5) is 0 Å². The van der Waals surface area contributed by atoms with Gasteiger partial charge in [-0.1, -0.05) is 6.92 Å². The zero-order valence-corrected chi connectivity index (χ0v) is 13.8. The smallest absolute Gasteiger partial charge is 0.257 e. The number of benzene rings is 1. The molecule has 5 heteroatoms. The molecule has 1 amide bonds. The summed E-state index contributed by atoms with van der Waals surface area (Å²) in [5.41, 5.74) is 0.578. The molecule has 1 aromatic rings. The van der Waals surface area contributed by atoms with E-state index in [1.807, 2.05) is 6.07 Å². The molecule has 2 rings (SSSR count). The first-order valence-corrected chi connectivity index (χ1v) is 8.29. The number of carbonyl (C=O) groups is 1. The Balaban J connectivity index is 1.55. The maximum Gasteiger partial charge on any atom is 0.257 e. The quantitative estimate of drug-likeness (QED) is 0.783. The number of nitrogens with zero attached hydrogens (tertiary/aromatic N) is 2. The minimum Gasteiger partial charge on any atom is -0.484 e. The molecule has 0 unspecified atom stereocenters. The summed E-state index contributed by atoms with van der Waals surface area (Å²) < 4.78 is 5.39. The van der Waals surface area contributed by atoms with E-state index in [4.69, 9.17) is 10.00 Å². The highest BCUT2D eigenvalue weighted by molar-refractivity contribution is 5.77. The predicted molar refractivity (Wildman–Crippen MR) is 89.1 cm³/mol. The number of nitriles is 1. The van der Waals surface area contributed by atoms with Crippen LogP contribution in [0.2, 0.25) is 0 Å². The van der Waals surface area contributed by atoms with Crippen LogP contribution in [0.5, 0.6) is 5.75 Å². The summed E-state index contributed by atoms with van der Waals surface area (Å²) in [5, 5.41) is 11.6. The Morgan fingerprint density at radius 2 is 2.04 bits per heavy atom. The molecule has 0 radical (unpaired) electrons. The molecule has 1 aromatic carbocycles. The molecule has 1 aliphatic rings. The van der Waals surface area contributed by atoms with Crippen LogP contribution in [-0.4, -0.2) is 43.6 Å². The highest BCUT2D eigenvalue weighted by atomic mass is 16.5. The van der Waals surface area contributed by atoms with Gasteiger partial charge in [0.1, 0.15) is 5.75 Å². The molecule has 5 nitrogen and oxygen atoms in total. The second-order valence-electron chi connectivity index (χ2n) is 6.15. The lowest BCUT2D eigenvalue weighted by Gasteiger charge is -2.30. The average molecular weight is 315 g/mol. The van der Waals surface area contributed by atoms with Crippen molar-refractivity contribution < 1.29 is 9.53 Å². The second kappa shape index (κ2) is 9.16. The topological polar surface area (TPSA) is 65.4 Å². The van der Waals surface area contributed by atoms with Crippen molar-refractivity contribution in [2.45, 2.75) is 26.2 Å². The summed E-state index contributed by atoms with van der Waals surface area (Å²) in [6.45, 7) is 6.40. The average Bonchev–Trinajstić information content (AvgIpc) is 2.59. The number of carbonyl (C=O) groups excluding carboxylic acids is 1. The highest BCUT2D eigenvalue weighted by Gasteiger charge is 2.14. The number of hydrogen-bond acceptors (Lipinski definition) is 4. The molecule has 124 valence electrons. The molecule has 0 saturated carbocycles. The number of likely N-dealkylation sites (tertiary alicyclic amines) is 1. The van der Waals surface area contributed by atoms with Crippen molar-refractivity contribution >= 4 is 5.91 Å². The molecule has 1 N–H and O–H groups in total. The Bertz CT molecular complexity index is 528. The first-order chi connectivity index (χ1) is 11.2. The number of hydrogen-bond donors (Lipinski definition) is 1. The van der Waals surface area contributed by atoms with Crippen molar-refractivity contribution in [2.75, 3.05) is 32.8 Å². The molecule has 0 aliphatic carbocycles. The number of rotatable bonds is 7.